The monoisotopic (exact) mass is 472 g/mol. The van der Waals surface area contributed by atoms with Crippen molar-refractivity contribution in [2.75, 3.05) is 19.8 Å². The van der Waals surface area contributed by atoms with Crippen LogP contribution in [0.25, 0.3) is 17.1 Å². The molecule has 3 aliphatic rings. The molecule has 1 saturated heterocycles. The molecule has 3 atom stereocenters. The molecule has 1 unspecified atom stereocenters. The highest BCUT2D eigenvalue weighted by Crippen LogP contribution is 2.57. The van der Waals surface area contributed by atoms with Gasteiger partial charge in [-0.25, -0.2) is 4.98 Å². The van der Waals surface area contributed by atoms with Crippen molar-refractivity contribution in [1.29, 1.82) is 0 Å². The zero-order chi connectivity index (χ0) is 24.0. The predicted octanol–water partition coefficient (Wildman–Crippen LogP) is 5.46. The van der Waals surface area contributed by atoms with Crippen LogP contribution in [0.15, 0.2) is 54.6 Å². The number of aliphatic hydroxyl groups is 1. The second kappa shape index (κ2) is 8.88. The van der Waals surface area contributed by atoms with Crippen molar-refractivity contribution in [2.45, 2.75) is 63.6 Å². The largest absolute Gasteiger partial charge is 0.396 e. The number of rotatable bonds is 5. The third-order valence-electron chi connectivity index (χ3n) is 8.91. The van der Waals surface area contributed by atoms with E-state index >= 15 is 0 Å². The number of aryl methyl sites for hydroxylation is 1. The fraction of sp³-hybridized carbons (Fsp3) is 0.500. The van der Waals surface area contributed by atoms with E-state index in [4.69, 9.17) is 14.5 Å². The first kappa shape index (κ1) is 23.0. The lowest BCUT2D eigenvalue weighted by molar-refractivity contribution is -0.234. The highest BCUT2D eigenvalue weighted by atomic mass is 16.7. The summed E-state index contributed by atoms with van der Waals surface area (Å²) in [6.07, 6.45) is 5.71. The number of aliphatic hydroxyl groups excluding tert-OH is 1. The van der Waals surface area contributed by atoms with Gasteiger partial charge < -0.3 is 14.6 Å². The summed E-state index contributed by atoms with van der Waals surface area (Å²) in [6, 6.07) is 19.3. The number of fused-ring (bicyclic) bond motifs is 3. The van der Waals surface area contributed by atoms with Gasteiger partial charge in [-0.05, 0) is 55.7 Å². The molecule has 1 spiro atoms. The zero-order valence-corrected chi connectivity index (χ0v) is 20.9. The zero-order valence-electron chi connectivity index (χ0n) is 20.9. The van der Waals surface area contributed by atoms with Crippen LogP contribution in [-0.2, 0) is 27.7 Å². The van der Waals surface area contributed by atoms with Crippen LogP contribution in [0.4, 0.5) is 0 Å². The summed E-state index contributed by atoms with van der Waals surface area (Å²) in [7, 11) is 0. The van der Waals surface area contributed by atoms with Crippen molar-refractivity contribution in [3.8, 4) is 17.1 Å². The number of hydrogen-bond acceptors (Lipinski definition) is 4. The second-order valence-electron chi connectivity index (χ2n) is 10.8. The molecule has 0 amide bonds. The van der Waals surface area contributed by atoms with Gasteiger partial charge in [0.1, 0.15) is 5.82 Å². The average molecular weight is 473 g/mol. The Kier molecular flexibility index (Phi) is 5.82. The third kappa shape index (κ3) is 3.67. The third-order valence-corrected chi connectivity index (χ3v) is 8.91. The number of hydrogen-bond donors (Lipinski definition) is 1. The molecule has 3 aromatic rings. The Bertz CT molecular complexity index is 1200. The minimum Gasteiger partial charge on any atom is -0.396 e. The standard InChI is InChI=1S/C30H36N2O3/c1-21-25-13-14-26-27(29(25,2)15-16-30(21)34-18-19-35-30)31-28(23-10-4-3-5-11-23)32(26)24-12-6-8-22(20-24)9-7-17-33/h3-6,8,10-12,20-21,25,33H,7,9,13-19H2,1-2H3/t21-,25?,29-/m0/s1. The second-order valence-corrected chi connectivity index (χ2v) is 10.8. The van der Waals surface area contributed by atoms with E-state index in [9.17, 15) is 5.11 Å². The fourth-order valence-electron chi connectivity index (χ4n) is 7.07. The molecule has 1 saturated carbocycles. The molecule has 2 aliphatic carbocycles. The summed E-state index contributed by atoms with van der Waals surface area (Å²) in [5.41, 5.74) is 6.16. The van der Waals surface area contributed by atoms with Gasteiger partial charge in [0.15, 0.2) is 5.79 Å². The summed E-state index contributed by atoms with van der Waals surface area (Å²) >= 11 is 0. The highest BCUT2D eigenvalue weighted by molar-refractivity contribution is 5.62. The van der Waals surface area contributed by atoms with E-state index < -0.39 is 5.79 Å². The summed E-state index contributed by atoms with van der Waals surface area (Å²) in [5.74, 6) is 1.43. The smallest absolute Gasteiger partial charge is 0.171 e. The van der Waals surface area contributed by atoms with E-state index in [1.807, 2.05) is 0 Å². The van der Waals surface area contributed by atoms with Crippen molar-refractivity contribution in [2.24, 2.45) is 11.8 Å². The highest BCUT2D eigenvalue weighted by Gasteiger charge is 2.58. The maximum Gasteiger partial charge on any atom is 0.171 e. The van der Waals surface area contributed by atoms with E-state index in [0.717, 1.165) is 55.6 Å². The lowest BCUT2D eigenvalue weighted by Gasteiger charge is -2.53. The molecule has 0 bridgehead atoms. The number of aromatic nitrogens is 2. The number of benzene rings is 2. The lowest BCUT2D eigenvalue weighted by atomic mass is 9.55. The Hall–Kier alpha value is -2.47. The minimum atomic E-state index is -0.409. The van der Waals surface area contributed by atoms with Crippen LogP contribution in [0.1, 0.15) is 56.5 Å². The molecule has 1 N–H and O–H groups in total. The van der Waals surface area contributed by atoms with Gasteiger partial charge in [-0.15, -0.1) is 0 Å². The molecule has 1 aliphatic heterocycles. The number of imidazole rings is 1. The average Bonchev–Trinajstić information content (AvgIpc) is 3.53. The van der Waals surface area contributed by atoms with Gasteiger partial charge in [-0.1, -0.05) is 56.3 Å². The van der Waals surface area contributed by atoms with Crippen LogP contribution >= 0.6 is 0 Å². The molecule has 2 fully saturated rings. The van der Waals surface area contributed by atoms with Crippen LogP contribution in [0.2, 0.25) is 0 Å². The van der Waals surface area contributed by atoms with E-state index in [1.54, 1.807) is 0 Å². The van der Waals surface area contributed by atoms with Gasteiger partial charge in [0.2, 0.25) is 0 Å². The Labute approximate surface area is 208 Å². The molecule has 2 heterocycles. The summed E-state index contributed by atoms with van der Waals surface area (Å²) < 4.78 is 14.9. The van der Waals surface area contributed by atoms with Crippen LogP contribution in [-0.4, -0.2) is 40.3 Å². The molecule has 1 aromatic heterocycles. The SMILES string of the molecule is C[C@H]1C2CCc3c(nc(-c4ccccc4)n3-c3cccc(CCCO)c3)[C@@]2(C)CCC12OCCO2. The van der Waals surface area contributed by atoms with Crippen molar-refractivity contribution in [1.82, 2.24) is 9.55 Å². The van der Waals surface area contributed by atoms with Gasteiger partial charge in [-0.3, -0.25) is 4.57 Å². The molecule has 5 heteroatoms. The quantitative estimate of drug-likeness (QED) is 0.536. The van der Waals surface area contributed by atoms with Crippen LogP contribution < -0.4 is 0 Å². The Morgan fingerprint density at radius 2 is 1.86 bits per heavy atom. The van der Waals surface area contributed by atoms with E-state index in [-0.39, 0.29) is 12.0 Å². The molecule has 6 rings (SSSR count). The molecular formula is C30H36N2O3. The van der Waals surface area contributed by atoms with Gasteiger partial charge in [0.25, 0.3) is 0 Å². The predicted molar refractivity (Wildman–Crippen MR) is 137 cm³/mol. The van der Waals surface area contributed by atoms with Gasteiger partial charge in [0, 0.05) is 41.3 Å². The number of nitrogens with zero attached hydrogens (tertiary/aromatic N) is 2. The van der Waals surface area contributed by atoms with Gasteiger partial charge >= 0.3 is 0 Å². The topological polar surface area (TPSA) is 56.5 Å². The lowest BCUT2D eigenvalue weighted by Crippen LogP contribution is -2.55. The minimum absolute atomic E-state index is 0.00314. The summed E-state index contributed by atoms with van der Waals surface area (Å²) in [6.45, 7) is 6.39. The maximum atomic E-state index is 9.34. The molecule has 184 valence electrons. The fourth-order valence-corrected chi connectivity index (χ4v) is 7.07. The van der Waals surface area contributed by atoms with Gasteiger partial charge in [-0.2, -0.15) is 0 Å². The maximum absolute atomic E-state index is 9.34. The van der Waals surface area contributed by atoms with E-state index in [1.165, 1.54) is 17.0 Å². The Balaban J connectivity index is 1.48. The van der Waals surface area contributed by atoms with Crippen molar-refractivity contribution < 1.29 is 14.6 Å². The first-order valence-corrected chi connectivity index (χ1v) is 13.2. The number of ether oxygens (including phenoxy) is 2. The molecule has 0 radical (unpaired) electrons. The van der Waals surface area contributed by atoms with E-state index in [0.29, 0.717) is 25.0 Å². The first-order valence-electron chi connectivity index (χ1n) is 13.2. The van der Waals surface area contributed by atoms with Crippen LogP contribution in [0.5, 0.6) is 0 Å². The molecule has 2 aromatic carbocycles. The van der Waals surface area contributed by atoms with Crippen molar-refractivity contribution >= 4 is 0 Å². The summed E-state index contributed by atoms with van der Waals surface area (Å²) in [5, 5.41) is 9.34. The Morgan fingerprint density at radius 1 is 1.06 bits per heavy atom. The normalized spacial score (nSPS) is 27.1. The van der Waals surface area contributed by atoms with Crippen molar-refractivity contribution in [3.05, 3.63) is 71.5 Å². The summed E-state index contributed by atoms with van der Waals surface area (Å²) in [4.78, 5) is 5.44. The Morgan fingerprint density at radius 3 is 2.63 bits per heavy atom. The molecular weight excluding hydrogens is 436 g/mol. The van der Waals surface area contributed by atoms with Crippen molar-refractivity contribution in [3.63, 3.8) is 0 Å². The molecule has 5 nitrogen and oxygen atoms in total. The molecule has 35 heavy (non-hydrogen) atoms. The van der Waals surface area contributed by atoms with Crippen LogP contribution in [0.3, 0.4) is 0 Å². The van der Waals surface area contributed by atoms with Gasteiger partial charge in [0.05, 0.1) is 18.9 Å². The first-order chi connectivity index (χ1) is 17.1. The van der Waals surface area contributed by atoms with Crippen LogP contribution in [0, 0.1) is 11.8 Å². The van der Waals surface area contributed by atoms with E-state index in [2.05, 4.69) is 73.0 Å².